The van der Waals surface area contributed by atoms with E-state index in [2.05, 4.69) is 4.98 Å². The largest absolute Gasteiger partial charge is 0.288 e. The molecule has 0 atom stereocenters. The first-order valence-electron chi connectivity index (χ1n) is 4.26. The molecule has 2 aromatic rings. The highest BCUT2D eigenvalue weighted by Crippen LogP contribution is 2.26. The van der Waals surface area contributed by atoms with Crippen molar-refractivity contribution >= 4 is 17.2 Å². The Balaban J connectivity index is 2.46. The minimum Gasteiger partial charge on any atom is -0.288 e. The smallest absolute Gasteiger partial charge is 0.285 e. The van der Waals surface area contributed by atoms with Gasteiger partial charge in [-0.05, 0) is 23.6 Å². The molecule has 0 fully saturated rings. The van der Waals surface area contributed by atoms with Gasteiger partial charge in [-0.25, -0.2) is 5.48 Å². The number of rotatable bonds is 2. The number of carbonyl (C=O) groups is 1. The van der Waals surface area contributed by atoms with E-state index >= 15 is 0 Å². The molecule has 0 unspecified atom stereocenters. The number of pyridine rings is 1. The van der Waals surface area contributed by atoms with Gasteiger partial charge in [-0.1, -0.05) is 6.07 Å². The molecule has 0 aliphatic rings. The highest BCUT2D eigenvalue weighted by molar-refractivity contribution is 7.12. The highest BCUT2D eigenvalue weighted by Gasteiger charge is 2.14. The second-order valence-corrected chi connectivity index (χ2v) is 3.74. The molecule has 2 heterocycles. The molecule has 15 heavy (non-hydrogen) atoms. The van der Waals surface area contributed by atoms with Crippen LogP contribution in [0.5, 0.6) is 0 Å². The van der Waals surface area contributed by atoms with Crippen LogP contribution < -0.4 is 5.48 Å². The van der Waals surface area contributed by atoms with E-state index in [-0.39, 0.29) is 0 Å². The van der Waals surface area contributed by atoms with Crippen LogP contribution in [0.25, 0.3) is 11.3 Å². The van der Waals surface area contributed by atoms with Gasteiger partial charge in [-0.2, -0.15) is 0 Å². The topological polar surface area (TPSA) is 62.2 Å². The van der Waals surface area contributed by atoms with Crippen LogP contribution in [-0.4, -0.2) is 16.1 Å². The zero-order valence-electron chi connectivity index (χ0n) is 7.68. The molecule has 4 nitrogen and oxygen atoms in total. The van der Waals surface area contributed by atoms with E-state index in [1.165, 1.54) is 11.3 Å². The van der Waals surface area contributed by atoms with Crippen molar-refractivity contribution in [3.8, 4) is 11.3 Å². The van der Waals surface area contributed by atoms with Gasteiger partial charge in [0.05, 0.1) is 5.69 Å². The summed E-state index contributed by atoms with van der Waals surface area (Å²) in [5, 5.41) is 10.4. The van der Waals surface area contributed by atoms with Crippen LogP contribution >= 0.6 is 11.3 Å². The predicted octanol–water partition coefficient (Wildman–Crippen LogP) is 1.93. The summed E-state index contributed by atoms with van der Waals surface area (Å²) in [5.74, 6) is -0.509. The molecule has 5 heteroatoms. The van der Waals surface area contributed by atoms with E-state index in [0.29, 0.717) is 4.88 Å². The molecule has 76 valence electrons. The summed E-state index contributed by atoms with van der Waals surface area (Å²) < 4.78 is 0. The average Bonchev–Trinajstić information content (AvgIpc) is 2.78. The van der Waals surface area contributed by atoms with E-state index in [1.807, 2.05) is 18.2 Å². The van der Waals surface area contributed by atoms with Gasteiger partial charge >= 0.3 is 0 Å². The summed E-state index contributed by atoms with van der Waals surface area (Å²) in [7, 11) is 0. The second-order valence-electron chi connectivity index (χ2n) is 2.82. The van der Waals surface area contributed by atoms with Crippen molar-refractivity contribution in [2.45, 2.75) is 0 Å². The SMILES string of the molecule is O=C(NO)c1sccc1-c1ccccn1. The monoisotopic (exact) mass is 220 g/mol. The van der Waals surface area contributed by atoms with E-state index < -0.39 is 5.91 Å². The van der Waals surface area contributed by atoms with Crippen LogP contribution in [0.4, 0.5) is 0 Å². The summed E-state index contributed by atoms with van der Waals surface area (Å²) >= 11 is 1.27. The van der Waals surface area contributed by atoms with Crippen LogP contribution in [0.2, 0.25) is 0 Å². The first-order valence-corrected chi connectivity index (χ1v) is 5.14. The van der Waals surface area contributed by atoms with Gasteiger partial charge in [0.15, 0.2) is 0 Å². The van der Waals surface area contributed by atoms with Gasteiger partial charge in [0.25, 0.3) is 5.91 Å². The van der Waals surface area contributed by atoms with Gasteiger partial charge < -0.3 is 0 Å². The van der Waals surface area contributed by atoms with E-state index in [1.54, 1.807) is 23.1 Å². The van der Waals surface area contributed by atoms with Gasteiger partial charge in [0.2, 0.25) is 0 Å². The molecule has 0 bridgehead atoms. The number of carbonyl (C=O) groups excluding carboxylic acids is 1. The second kappa shape index (κ2) is 4.20. The standard InChI is InChI=1S/C10H8N2O2S/c13-10(12-14)9-7(4-6-15-9)8-3-1-2-5-11-8/h1-6,14H,(H,12,13). The highest BCUT2D eigenvalue weighted by atomic mass is 32.1. The maximum Gasteiger partial charge on any atom is 0.285 e. The van der Waals surface area contributed by atoms with E-state index in [4.69, 9.17) is 5.21 Å². The van der Waals surface area contributed by atoms with Crippen molar-refractivity contribution in [1.29, 1.82) is 0 Å². The van der Waals surface area contributed by atoms with Crippen molar-refractivity contribution in [2.75, 3.05) is 0 Å². The minimum absolute atomic E-state index is 0.455. The van der Waals surface area contributed by atoms with E-state index in [9.17, 15) is 4.79 Å². The number of amides is 1. The molecule has 0 aromatic carbocycles. The summed E-state index contributed by atoms with van der Waals surface area (Å²) in [6.07, 6.45) is 1.66. The van der Waals surface area contributed by atoms with Crippen LogP contribution in [0.15, 0.2) is 35.8 Å². The molecule has 0 aliphatic heterocycles. The Morgan fingerprint density at radius 2 is 2.27 bits per heavy atom. The fraction of sp³-hybridized carbons (Fsp3) is 0. The first kappa shape index (κ1) is 9.82. The Labute approximate surface area is 90.2 Å². The summed E-state index contributed by atoms with van der Waals surface area (Å²) in [6.45, 7) is 0. The first-order chi connectivity index (χ1) is 7.33. The zero-order valence-corrected chi connectivity index (χ0v) is 8.49. The molecule has 0 aliphatic carbocycles. The lowest BCUT2D eigenvalue weighted by Crippen LogP contribution is -2.17. The molecule has 2 rings (SSSR count). The van der Waals surface area contributed by atoms with Crippen molar-refractivity contribution in [1.82, 2.24) is 10.5 Å². The molecular weight excluding hydrogens is 212 g/mol. The average molecular weight is 220 g/mol. The number of thiophene rings is 1. The minimum atomic E-state index is -0.509. The summed E-state index contributed by atoms with van der Waals surface area (Å²) in [6, 6.07) is 7.27. The molecule has 0 saturated carbocycles. The lowest BCUT2D eigenvalue weighted by molar-refractivity contribution is 0.0711. The number of aromatic nitrogens is 1. The maximum absolute atomic E-state index is 11.3. The third-order valence-electron chi connectivity index (χ3n) is 1.91. The van der Waals surface area contributed by atoms with Crippen molar-refractivity contribution < 1.29 is 10.0 Å². The molecular formula is C10H8N2O2S. The third kappa shape index (κ3) is 1.88. The number of nitrogens with zero attached hydrogens (tertiary/aromatic N) is 1. The van der Waals surface area contributed by atoms with Crippen LogP contribution in [0.3, 0.4) is 0 Å². The Kier molecular flexibility index (Phi) is 2.75. The third-order valence-corrected chi connectivity index (χ3v) is 2.83. The maximum atomic E-state index is 11.3. The normalized spacial score (nSPS) is 9.93. The lowest BCUT2D eigenvalue weighted by atomic mass is 10.1. The molecule has 0 spiro atoms. The molecule has 2 N–H and O–H groups in total. The lowest BCUT2D eigenvalue weighted by Gasteiger charge is -2.00. The zero-order chi connectivity index (χ0) is 10.7. The molecule has 2 aromatic heterocycles. The Bertz CT molecular complexity index is 467. The molecule has 1 amide bonds. The number of hydrogen-bond donors (Lipinski definition) is 2. The van der Waals surface area contributed by atoms with Crippen LogP contribution in [0, 0.1) is 0 Å². The quantitative estimate of drug-likeness (QED) is 0.600. The summed E-state index contributed by atoms with van der Waals surface area (Å²) in [5.41, 5.74) is 3.07. The van der Waals surface area contributed by atoms with Gasteiger partial charge in [0, 0.05) is 11.8 Å². The number of hydrogen-bond acceptors (Lipinski definition) is 4. The van der Waals surface area contributed by atoms with E-state index in [0.717, 1.165) is 11.3 Å². The summed E-state index contributed by atoms with van der Waals surface area (Å²) in [4.78, 5) is 15.9. The van der Waals surface area contributed by atoms with Crippen molar-refractivity contribution in [3.63, 3.8) is 0 Å². The Hall–Kier alpha value is -1.72. The van der Waals surface area contributed by atoms with Crippen molar-refractivity contribution in [3.05, 3.63) is 40.7 Å². The fourth-order valence-electron chi connectivity index (χ4n) is 1.26. The van der Waals surface area contributed by atoms with Gasteiger partial charge in [-0.3, -0.25) is 15.0 Å². The number of nitrogens with one attached hydrogen (secondary N) is 1. The molecule has 0 radical (unpaired) electrons. The van der Waals surface area contributed by atoms with Gasteiger partial charge in [-0.15, -0.1) is 11.3 Å². The van der Waals surface area contributed by atoms with Gasteiger partial charge in [0.1, 0.15) is 4.88 Å². The number of hydroxylamine groups is 1. The Morgan fingerprint density at radius 1 is 1.40 bits per heavy atom. The van der Waals surface area contributed by atoms with Crippen LogP contribution in [-0.2, 0) is 0 Å². The molecule has 0 saturated heterocycles. The Morgan fingerprint density at radius 3 is 2.93 bits per heavy atom. The van der Waals surface area contributed by atoms with Crippen molar-refractivity contribution in [2.24, 2.45) is 0 Å². The van der Waals surface area contributed by atoms with Crippen LogP contribution in [0.1, 0.15) is 9.67 Å². The predicted molar refractivity (Wildman–Crippen MR) is 56.8 cm³/mol. The fourth-order valence-corrected chi connectivity index (χ4v) is 2.05.